The molecule has 0 spiro atoms. The number of carbonyl (C=O) groups excluding carboxylic acids is 2. The summed E-state index contributed by atoms with van der Waals surface area (Å²) in [5.41, 5.74) is 0.977. The molecule has 0 amide bonds. The molecular formula is C14H13F3O3. The van der Waals surface area contributed by atoms with E-state index < -0.39 is 36.2 Å². The molecule has 0 aromatic heterocycles. The highest BCUT2D eigenvalue weighted by atomic mass is 19.4. The number of carbonyl (C=O) groups is 2. The Morgan fingerprint density at radius 3 is 2.55 bits per heavy atom. The summed E-state index contributed by atoms with van der Waals surface area (Å²) < 4.78 is 42.1. The van der Waals surface area contributed by atoms with Crippen LogP contribution < -0.4 is 0 Å². The monoisotopic (exact) mass is 286 g/mol. The number of rotatable bonds is 2. The molecule has 108 valence electrons. The number of Topliss-reactive ketones (excluding diaryl/α,β-unsaturated/α-hetero) is 1. The summed E-state index contributed by atoms with van der Waals surface area (Å²) in [5.74, 6) is -2.77. The first-order valence-electron chi connectivity index (χ1n) is 6.08. The average molecular weight is 286 g/mol. The molecule has 0 heterocycles. The molecule has 2 rings (SSSR count). The largest absolute Gasteiger partial charge is 0.465 e. The Kier molecular flexibility index (Phi) is 3.58. The normalized spacial score (nSPS) is 21.8. The Hall–Kier alpha value is -1.85. The predicted molar refractivity (Wildman–Crippen MR) is 64.7 cm³/mol. The molecule has 1 aliphatic carbocycles. The van der Waals surface area contributed by atoms with Gasteiger partial charge in [-0.05, 0) is 23.6 Å². The van der Waals surface area contributed by atoms with Gasteiger partial charge >= 0.3 is 12.1 Å². The summed E-state index contributed by atoms with van der Waals surface area (Å²) in [4.78, 5) is 23.4. The predicted octanol–water partition coefficient (Wildman–Crippen LogP) is 3.34. The highest BCUT2D eigenvalue weighted by Gasteiger charge is 2.44. The zero-order chi connectivity index (χ0) is 15.1. The second kappa shape index (κ2) is 4.92. The van der Waals surface area contributed by atoms with E-state index in [9.17, 15) is 22.8 Å². The molecule has 0 fully saturated rings. The van der Waals surface area contributed by atoms with Crippen molar-refractivity contribution in [2.24, 2.45) is 5.92 Å². The minimum atomic E-state index is -4.39. The number of ether oxygens (including phenoxy) is 1. The zero-order valence-electron chi connectivity index (χ0n) is 11.0. The van der Waals surface area contributed by atoms with Gasteiger partial charge in [0.1, 0.15) is 0 Å². The number of hydrogen-bond acceptors (Lipinski definition) is 3. The highest BCUT2D eigenvalue weighted by Crippen LogP contribution is 2.43. The molecule has 0 unspecified atom stereocenters. The third kappa shape index (κ3) is 2.55. The summed E-state index contributed by atoms with van der Waals surface area (Å²) in [5, 5.41) is 0. The summed E-state index contributed by atoms with van der Waals surface area (Å²) >= 11 is 0. The van der Waals surface area contributed by atoms with Crippen LogP contribution in [0.5, 0.6) is 0 Å². The Morgan fingerprint density at radius 1 is 1.35 bits per heavy atom. The second-order valence-corrected chi connectivity index (χ2v) is 4.87. The Labute approximate surface area is 113 Å². The van der Waals surface area contributed by atoms with Gasteiger partial charge in [-0.3, -0.25) is 4.79 Å². The maximum atomic E-state index is 12.5. The van der Waals surface area contributed by atoms with Crippen molar-refractivity contribution in [3.05, 3.63) is 34.9 Å². The van der Waals surface area contributed by atoms with Crippen molar-refractivity contribution in [1.82, 2.24) is 0 Å². The van der Waals surface area contributed by atoms with Gasteiger partial charge in [-0.25, -0.2) is 4.79 Å². The van der Waals surface area contributed by atoms with Crippen LogP contribution in [-0.4, -0.2) is 25.0 Å². The molecule has 20 heavy (non-hydrogen) atoms. The van der Waals surface area contributed by atoms with Gasteiger partial charge in [0.25, 0.3) is 0 Å². The number of fused-ring (bicyclic) bond motifs is 1. The molecule has 1 aromatic rings. The first-order chi connectivity index (χ1) is 9.24. The van der Waals surface area contributed by atoms with E-state index in [1.54, 1.807) is 6.92 Å². The number of ketones is 1. The summed E-state index contributed by atoms with van der Waals surface area (Å²) in [6, 6.07) is 4.24. The fraction of sp³-hybridized carbons (Fsp3) is 0.429. The molecule has 1 aromatic carbocycles. The van der Waals surface area contributed by atoms with Crippen LogP contribution in [0.25, 0.3) is 0 Å². The van der Waals surface area contributed by atoms with Crippen LogP contribution in [0.3, 0.4) is 0 Å². The first-order valence-corrected chi connectivity index (χ1v) is 6.08. The van der Waals surface area contributed by atoms with E-state index in [0.29, 0.717) is 5.56 Å². The summed E-state index contributed by atoms with van der Waals surface area (Å²) in [6.07, 6.45) is -5.53. The van der Waals surface area contributed by atoms with Gasteiger partial charge in [0.15, 0.2) is 5.78 Å². The Morgan fingerprint density at radius 2 is 2.00 bits per heavy atom. The fourth-order valence-electron chi connectivity index (χ4n) is 2.57. The lowest BCUT2D eigenvalue weighted by atomic mass is 9.91. The van der Waals surface area contributed by atoms with Gasteiger partial charge in [-0.1, -0.05) is 13.0 Å². The second-order valence-electron chi connectivity index (χ2n) is 4.87. The van der Waals surface area contributed by atoms with Crippen molar-refractivity contribution in [3.8, 4) is 0 Å². The van der Waals surface area contributed by atoms with Crippen LogP contribution in [-0.2, 0) is 4.74 Å². The number of esters is 1. The molecule has 1 aliphatic rings. The maximum Gasteiger partial charge on any atom is 0.389 e. The minimum absolute atomic E-state index is 0.235. The lowest BCUT2D eigenvalue weighted by Gasteiger charge is -2.16. The van der Waals surface area contributed by atoms with Gasteiger partial charge in [0.2, 0.25) is 0 Å². The topological polar surface area (TPSA) is 43.4 Å². The number of halogens is 3. The molecular weight excluding hydrogens is 273 g/mol. The van der Waals surface area contributed by atoms with E-state index in [0.717, 1.165) is 0 Å². The van der Waals surface area contributed by atoms with Crippen LogP contribution in [0, 0.1) is 5.92 Å². The molecule has 0 saturated carbocycles. The summed E-state index contributed by atoms with van der Waals surface area (Å²) in [7, 11) is 1.22. The average Bonchev–Trinajstić information content (AvgIpc) is 2.61. The number of benzene rings is 1. The van der Waals surface area contributed by atoms with Crippen LogP contribution in [0.2, 0.25) is 0 Å². The van der Waals surface area contributed by atoms with Crippen LogP contribution in [0.15, 0.2) is 18.2 Å². The molecule has 0 bridgehead atoms. The Bertz CT molecular complexity index is 563. The number of methoxy groups -OCH3 is 1. The van der Waals surface area contributed by atoms with Crippen LogP contribution >= 0.6 is 0 Å². The van der Waals surface area contributed by atoms with Gasteiger partial charge in [0.05, 0.1) is 19.1 Å². The highest BCUT2D eigenvalue weighted by molar-refractivity contribution is 6.04. The molecule has 0 N–H and O–H groups in total. The molecule has 0 radical (unpaired) electrons. The number of hydrogen-bond donors (Lipinski definition) is 0. The van der Waals surface area contributed by atoms with E-state index in [4.69, 9.17) is 0 Å². The summed E-state index contributed by atoms with van der Waals surface area (Å²) in [6.45, 7) is 1.57. The zero-order valence-corrected chi connectivity index (χ0v) is 11.0. The fourth-order valence-corrected chi connectivity index (χ4v) is 2.57. The van der Waals surface area contributed by atoms with Gasteiger partial charge < -0.3 is 4.74 Å². The van der Waals surface area contributed by atoms with Crippen molar-refractivity contribution in [3.63, 3.8) is 0 Å². The van der Waals surface area contributed by atoms with Gasteiger partial charge in [-0.2, -0.15) is 13.2 Å². The van der Waals surface area contributed by atoms with Crippen molar-refractivity contribution < 1.29 is 27.5 Å². The number of alkyl halides is 3. The quantitative estimate of drug-likeness (QED) is 0.783. The van der Waals surface area contributed by atoms with Crippen LogP contribution in [0.1, 0.15) is 45.5 Å². The lowest BCUT2D eigenvalue weighted by Crippen LogP contribution is -2.21. The first kappa shape index (κ1) is 14.6. The third-order valence-corrected chi connectivity index (χ3v) is 3.62. The lowest BCUT2D eigenvalue weighted by molar-refractivity contribution is -0.142. The van der Waals surface area contributed by atoms with Gasteiger partial charge in [-0.15, -0.1) is 0 Å². The maximum absolute atomic E-state index is 12.5. The van der Waals surface area contributed by atoms with Crippen molar-refractivity contribution in [2.45, 2.75) is 25.4 Å². The Balaban J connectivity index is 2.36. The van der Waals surface area contributed by atoms with E-state index >= 15 is 0 Å². The molecule has 3 nitrogen and oxygen atoms in total. The van der Waals surface area contributed by atoms with Crippen LogP contribution in [0.4, 0.5) is 13.2 Å². The SMILES string of the molecule is COC(=O)c1ccc2c(c1)[C@@H](C)[C@H](CC(F)(F)F)C2=O. The minimum Gasteiger partial charge on any atom is -0.465 e. The molecule has 0 aliphatic heterocycles. The van der Waals surface area contributed by atoms with Crippen molar-refractivity contribution >= 4 is 11.8 Å². The third-order valence-electron chi connectivity index (χ3n) is 3.62. The van der Waals surface area contributed by atoms with E-state index in [-0.39, 0.29) is 11.1 Å². The smallest absolute Gasteiger partial charge is 0.389 e. The van der Waals surface area contributed by atoms with E-state index in [1.807, 2.05) is 0 Å². The van der Waals surface area contributed by atoms with E-state index in [1.165, 1.54) is 25.3 Å². The van der Waals surface area contributed by atoms with Gasteiger partial charge in [0, 0.05) is 11.5 Å². The van der Waals surface area contributed by atoms with Crippen molar-refractivity contribution in [2.75, 3.05) is 7.11 Å². The van der Waals surface area contributed by atoms with Crippen molar-refractivity contribution in [1.29, 1.82) is 0 Å². The molecule has 0 saturated heterocycles. The molecule has 6 heteroatoms. The standard InChI is InChI=1S/C14H13F3O3/c1-7-10-5-8(13(19)20-2)3-4-9(10)12(18)11(7)6-14(15,16)17/h3-5,7,11H,6H2,1-2H3/t7-,11+/m1/s1. The van der Waals surface area contributed by atoms with E-state index in [2.05, 4.69) is 4.74 Å². The molecule has 2 atom stereocenters.